The highest BCUT2D eigenvalue weighted by Gasteiger charge is 2.22. The van der Waals surface area contributed by atoms with Crippen LogP contribution in [0.3, 0.4) is 0 Å². The first-order valence-corrected chi connectivity index (χ1v) is 9.11. The molecule has 0 fully saturated rings. The van der Waals surface area contributed by atoms with E-state index in [-0.39, 0.29) is 13.2 Å². The van der Waals surface area contributed by atoms with Gasteiger partial charge < -0.3 is 20.4 Å². The molecule has 27 heavy (non-hydrogen) atoms. The highest BCUT2D eigenvalue weighted by Crippen LogP contribution is 2.22. The van der Waals surface area contributed by atoms with E-state index in [0.29, 0.717) is 25.2 Å². The average molecular weight is 366 g/mol. The molecule has 0 bridgehead atoms. The lowest BCUT2D eigenvalue weighted by molar-refractivity contribution is 0.115. The maximum Gasteiger partial charge on any atom is 0.198 e. The van der Waals surface area contributed by atoms with Crippen molar-refractivity contribution in [3.63, 3.8) is 0 Å². The van der Waals surface area contributed by atoms with Gasteiger partial charge in [0.1, 0.15) is 12.0 Å². The van der Waals surface area contributed by atoms with Crippen LogP contribution in [0.15, 0.2) is 59.2 Å². The molecule has 5 nitrogen and oxygen atoms in total. The lowest BCUT2D eigenvalue weighted by atomic mass is 9.93. The lowest BCUT2D eigenvalue weighted by Gasteiger charge is -2.24. The summed E-state index contributed by atoms with van der Waals surface area (Å²) in [6.45, 7) is 1.60. The first kappa shape index (κ1) is 19.3. The predicted octanol–water partition coefficient (Wildman–Crippen LogP) is 2.86. The van der Waals surface area contributed by atoms with Gasteiger partial charge >= 0.3 is 0 Å². The Kier molecular flexibility index (Phi) is 6.06. The Morgan fingerprint density at radius 3 is 2.22 bits per heavy atom. The standard InChI is InChI=1S/C22H26N2O3/c1-16-2-4-18(5-3-16)12-21-24-20(13-27-21)19-8-6-17(7-9-19)10-11-22(23,14-25)15-26/h2-9,13,25-26H,10-12,14-15,23H2,1H3. The summed E-state index contributed by atoms with van der Waals surface area (Å²) < 4.78 is 5.62. The van der Waals surface area contributed by atoms with Gasteiger partial charge in [-0.25, -0.2) is 4.98 Å². The van der Waals surface area contributed by atoms with Crippen LogP contribution in [0.4, 0.5) is 0 Å². The monoisotopic (exact) mass is 366 g/mol. The molecule has 3 rings (SSSR count). The third-order valence-corrected chi connectivity index (χ3v) is 4.82. The average Bonchev–Trinajstić information content (AvgIpc) is 3.17. The minimum atomic E-state index is -0.935. The maximum atomic E-state index is 9.27. The normalized spacial score (nSPS) is 11.7. The summed E-state index contributed by atoms with van der Waals surface area (Å²) in [6, 6.07) is 16.4. The summed E-state index contributed by atoms with van der Waals surface area (Å²) in [5, 5.41) is 18.5. The van der Waals surface area contributed by atoms with Gasteiger partial charge in [0.2, 0.25) is 0 Å². The third-order valence-electron chi connectivity index (χ3n) is 4.82. The molecular formula is C22H26N2O3. The first-order valence-electron chi connectivity index (χ1n) is 9.11. The Labute approximate surface area is 159 Å². The molecule has 0 amide bonds. The van der Waals surface area contributed by atoms with Gasteiger partial charge in [0.15, 0.2) is 5.89 Å². The molecule has 5 heteroatoms. The number of hydrogen-bond donors (Lipinski definition) is 3. The summed E-state index contributed by atoms with van der Waals surface area (Å²) in [7, 11) is 0. The molecule has 0 atom stereocenters. The van der Waals surface area contributed by atoms with Crippen molar-refractivity contribution in [2.45, 2.75) is 31.7 Å². The zero-order valence-corrected chi connectivity index (χ0v) is 15.6. The molecule has 3 aromatic rings. The fraction of sp³-hybridized carbons (Fsp3) is 0.318. The van der Waals surface area contributed by atoms with Gasteiger partial charge in [-0.15, -0.1) is 0 Å². The van der Waals surface area contributed by atoms with E-state index in [9.17, 15) is 10.2 Å². The quantitative estimate of drug-likeness (QED) is 0.570. The third kappa shape index (κ3) is 5.04. The van der Waals surface area contributed by atoms with Crippen LogP contribution in [0.2, 0.25) is 0 Å². The molecule has 0 spiro atoms. The second kappa shape index (κ2) is 8.48. The number of aliphatic hydroxyl groups is 2. The number of hydrogen-bond acceptors (Lipinski definition) is 5. The summed E-state index contributed by atoms with van der Waals surface area (Å²) in [5.41, 5.74) is 10.3. The van der Waals surface area contributed by atoms with E-state index in [1.807, 2.05) is 24.3 Å². The molecule has 0 radical (unpaired) electrons. The van der Waals surface area contributed by atoms with Crippen molar-refractivity contribution in [2.75, 3.05) is 13.2 Å². The number of aryl methyl sites for hydroxylation is 2. The SMILES string of the molecule is Cc1ccc(Cc2nc(-c3ccc(CCC(N)(CO)CO)cc3)co2)cc1. The van der Waals surface area contributed by atoms with Gasteiger partial charge in [0.25, 0.3) is 0 Å². The molecule has 0 aliphatic rings. The predicted molar refractivity (Wildman–Crippen MR) is 105 cm³/mol. The Balaban J connectivity index is 1.63. The van der Waals surface area contributed by atoms with E-state index in [1.54, 1.807) is 6.26 Å². The number of aromatic nitrogens is 1. The number of rotatable bonds is 8. The Bertz CT molecular complexity index is 850. The summed E-state index contributed by atoms with van der Waals surface area (Å²) in [5.74, 6) is 0.691. The molecule has 1 aromatic heterocycles. The van der Waals surface area contributed by atoms with Gasteiger partial charge in [-0.3, -0.25) is 0 Å². The van der Waals surface area contributed by atoms with Crippen molar-refractivity contribution in [1.82, 2.24) is 4.98 Å². The second-order valence-corrected chi connectivity index (χ2v) is 7.16. The fourth-order valence-electron chi connectivity index (χ4n) is 2.85. The second-order valence-electron chi connectivity index (χ2n) is 7.16. The van der Waals surface area contributed by atoms with E-state index in [4.69, 9.17) is 10.2 Å². The van der Waals surface area contributed by atoms with E-state index >= 15 is 0 Å². The molecule has 142 valence electrons. The maximum absolute atomic E-state index is 9.27. The van der Waals surface area contributed by atoms with Crippen LogP contribution in [0.5, 0.6) is 0 Å². The largest absolute Gasteiger partial charge is 0.448 e. The molecule has 0 unspecified atom stereocenters. The molecule has 4 N–H and O–H groups in total. The highest BCUT2D eigenvalue weighted by atomic mass is 16.3. The van der Waals surface area contributed by atoms with Gasteiger partial charge in [-0.1, -0.05) is 54.1 Å². The van der Waals surface area contributed by atoms with Crippen molar-refractivity contribution in [2.24, 2.45) is 5.73 Å². The van der Waals surface area contributed by atoms with Gasteiger partial charge in [0, 0.05) is 12.0 Å². The summed E-state index contributed by atoms with van der Waals surface area (Å²) in [4.78, 5) is 4.59. The van der Waals surface area contributed by atoms with Crippen molar-refractivity contribution >= 4 is 0 Å². The van der Waals surface area contributed by atoms with Gasteiger partial charge in [-0.2, -0.15) is 0 Å². The van der Waals surface area contributed by atoms with Crippen LogP contribution in [0, 0.1) is 6.92 Å². The van der Waals surface area contributed by atoms with E-state index in [0.717, 1.165) is 16.8 Å². The topological polar surface area (TPSA) is 92.5 Å². The summed E-state index contributed by atoms with van der Waals surface area (Å²) >= 11 is 0. The Hall–Kier alpha value is -2.47. The molecule has 0 aliphatic carbocycles. The van der Waals surface area contributed by atoms with Crippen molar-refractivity contribution < 1.29 is 14.6 Å². The highest BCUT2D eigenvalue weighted by molar-refractivity contribution is 5.58. The molecule has 0 aliphatic heterocycles. The molecule has 0 saturated carbocycles. The van der Waals surface area contributed by atoms with Gasteiger partial charge in [-0.05, 0) is 30.9 Å². The van der Waals surface area contributed by atoms with Gasteiger partial charge in [0.05, 0.1) is 18.8 Å². The number of benzene rings is 2. The molecular weight excluding hydrogens is 340 g/mol. The lowest BCUT2D eigenvalue weighted by Crippen LogP contribution is -2.47. The fourth-order valence-corrected chi connectivity index (χ4v) is 2.85. The van der Waals surface area contributed by atoms with E-state index < -0.39 is 5.54 Å². The Morgan fingerprint density at radius 1 is 0.963 bits per heavy atom. The van der Waals surface area contributed by atoms with Crippen LogP contribution < -0.4 is 5.73 Å². The molecule has 0 saturated heterocycles. The van der Waals surface area contributed by atoms with Crippen LogP contribution in [0.1, 0.15) is 29.0 Å². The van der Waals surface area contributed by atoms with Crippen LogP contribution in [0.25, 0.3) is 11.3 Å². The van der Waals surface area contributed by atoms with Crippen LogP contribution in [-0.4, -0.2) is 33.9 Å². The number of oxazole rings is 1. The summed E-state index contributed by atoms with van der Waals surface area (Å²) in [6.07, 6.45) is 3.56. The van der Waals surface area contributed by atoms with Crippen molar-refractivity contribution in [3.05, 3.63) is 77.4 Å². The zero-order chi connectivity index (χ0) is 19.3. The van der Waals surface area contributed by atoms with Crippen molar-refractivity contribution in [1.29, 1.82) is 0 Å². The molecule has 1 heterocycles. The smallest absolute Gasteiger partial charge is 0.198 e. The van der Waals surface area contributed by atoms with Crippen LogP contribution in [-0.2, 0) is 12.8 Å². The van der Waals surface area contributed by atoms with Crippen LogP contribution >= 0.6 is 0 Å². The zero-order valence-electron chi connectivity index (χ0n) is 15.6. The minimum Gasteiger partial charge on any atom is -0.448 e. The van der Waals surface area contributed by atoms with Crippen molar-refractivity contribution in [3.8, 4) is 11.3 Å². The number of nitrogens with two attached hydrogens (primary N) is 1. The number of nitrogens with zero attached hydrogens (tertiary/aromatic N) is 1. The van der Waals surface area contributed by atoms with E-state index in [1.165, 1.54) is 11.1 Å². The number of aliphatic hydroxyl groups excluding tert-OH is 2. The minimum absolute atomic E-state index is 0.232. The molecule has 2 aromatic carbocycles. The Morgan fingerprint density at radius 2 is 1.59 bits per heavy atom. The first-order chi connectivity index (χ1) is 13.0. The van der Waals surface area contributed by atoms with E-state index in [2.05, 4.69) is 36.2 Å².